The van der Waals surface area contributed by atoms with Crippen LogP contribution in [-0.2, 0) is 14.4 Å². The van der Waals surface area contributed by atoms with Crippen molar-refractivity contribution in [3.63, 3.8) is 0 Å². The number of unbranched alkanes of at least 4 members (excludes halogenated alkanes) is 1. The first-order valence-corrected chi connectivity index (χ1v) is 34.5. The number of amides is 1. The first kappa shape index (κ1) is 88.1. The van der Waals surface area contributed by atoms with Gasteiger partial charge in [0.05, 0.1) is 38.9 Å². The maximum Gasteiger partial charge on any atom is 0.227 e. The average Bonchev–Trinajstić information content (AvgIpc) is 1.42. The van der Waals surface area contributed by atoms with Gasteiger partial charge in [0, 0.05) is 43.8 Å². The number of halogens is 1. The van der Waals surface area contributed by atoms with E-state index in [2.05, 4.69) is 152 Å². The van der Waals surface area contributed by atoms with Crippen molar-refractivity contribution >= 4 is 18.0 Å². The zero-order valence-corrected chi connectivity index (χ0v) is 61.3. The second-order valence-electron chi connectivity index (χ2n) is 25.7. The van der Waals surface area contributed by atoms with Gasteiger partial charge in [-0.3, -0.25) is 9.59 Å². The van der Waals surface area contributed by atoms with Gasteiger partial charge >= 0.3 is 0 Å². The Hall–Kier alpha value is -4.30. The van der Waals surface area contributed by atoms with Crippen LogP contribution in [0, 0.1) is 35.5 Å². The highest BCUT2D eigenvalue weighted by Crippen LogP contribution is 2.35. The lowest BCUT2D eigenvalue weighted by molar-refractivity contribution is -0.909. The van der Waals surface area contributed by atoms with Crippen molar-refractivity contribution in [1.82, 2.24) is 15.5 Å². The molecule has 2 N–H and O–H groups in total. The van der Waals surface area contributed by atoms with E-state index in [0.29, 0.717) is 24.8 Å². The fourth-order valence-corrected chi connectivity index (χ4v) is 10.00. The number of quaternary nitrogens is 1. The third kappa shape index (κ3) is 40.3. The number of rotatable bonds is 25. The molecule has 7 unspecified atom stereocenters. The van der Waals surface area contributed by atoms with E-state index in [0.717, 1.165) is 102 Å². The molecule has 1 saturated carbocycles. The van der Waals surface area contributed by atoms with Crippen molar-refractivity contribution in [2.45, 2.75) is 286 Å². The summed E-state index contributed by atoms with van der Waals surface area (Å²) in [6.45, 7) is 53.9. The molecular formula is C78H142FN4O3+. The molecule has 4 rings (SSSR count). The number of hydrogen-bond donors (Lipinski definition) is 2. The maximum atomic E-state index is 13.4. The maximum absolute atomic E-state index is 13.4. The molecule has 0 bridgehead atoms. The van der Waals surface area contributed by atoms with Crippen molar-refractivity contribution in [1.29, 1.82) is 0 Å². The van der Waals surface area contributed by atoms with Crippen LogP contribution in [0.5, 0.6) is 0 Å². The Morgan fingerprint density at radius 3 is 1.88 bits per heavy atom. The number of alkyl halides is 1. The zero-order valence-electron chi connectivity index (χ0n) is 61.3. The minimum absolute atomic E-state index is 0.0468. The number of nitrogens with one attached hydrogen (secondary N) is 2. The summed E-state index contributed by atoms with van der Waals surface area (Å²) in [6.07, 6.45) is 40.1. The highest BCUT2D eigenvalue weighted by atomic mass is 19.1. The monoisotopic (exact) mass is 1200 g/mol. The van der Waals surface area contributed by atoms with Crippen LogP contribution in [0.2, 0.25) is 0 Å². The van der Waals surface area contributed by atoms with Gasteiger partial charge < -0.3 is 24.8 Å². The van der Waals surface area contributed by atoms with Gasteiger partial charge in [0.15, 0.2) is 5.78 Å². The van der Waals surface area contributed by atoms with Crippen LogP contribution in [0.1, 0.15) is 274 Å². The van der Waals surface area contributed by atoms with Gasteiger partial charge in [-0.25, -0.2) is 4.39 Å². The number of carbonyl (C=O) groups is 3. The van der Waals surface area contributed by atoms with E-state index < -0.39 is 6.17 Å². The minimum atomic E-state index is -0.583. The molecular weight excluding hydrogens is 1060 g/mol. The standard InChI is InChI=1S/C20H32NO.C16H25NO2.C15H26N2.C11H23F.C6H12.C4H10.C4H8.C2H6/c1-9-18-10-11-21(7,8)16(5)20(18)15(4)13-19(17(6)22)12-14(2)3;1-6-14(10-9-13(4)12(2)3)15(8-7-11-18)16(19)17-5;1-4-12(2)6-5-7-13-8-9-14-15(10-13)17(3)11-16-14;1-5-7-10(4)11(12)8-9(3)6-2;1-6-4-2-3-5-6;2*1-3-4-2;1-2/h12-13,16H,4,9-11H2,1-3,5-8H3;6,9-11,15H,7-8H2,1-5H3,(H,17,19);8-9,12-13,16H,4-7,10-11H2,1-3H3;9-11H,5-8H2,1-4H3;6H,2-5H2,1H3;3-4H2,1-2H3;3H,1,4H2,2H3;1-2H3/q+1;;;;;;;/b19-13+;10-9-,14-6+;;;;;;. The number of nitrogens with zero attached hydrogens (tertiary/aromatic N) is 2. The Morgan fingerprint density at radius 2 is 1.45 bits per heavy atom. The number of allylic oxidation sites excluding steroid dienone is 13. The molecule has 1 amide bonds. The third-order valence-electron chi connectivity index (χ3n) is 17.3. The summed E-state index contributed by atoms with van der Waals surface area (Å²) in [4.78, 5) is 36.6. The molecule has 2 aliphatic heterocycles. The molecule has 0 aromatic rings. The molecule has 7 atom stereocenters. The normalized spacial score (nSPS) is 18.5. The van der Waals surface area contributed by atoms with E-state index in [4.69, 9.17) is 0 Å². The largest absolute Gasteiger partial charge is 0.366 e. The summed E-state index contributed by atoms with van der Waals surface area (Å²) in [7, 11) is 8.35. The topological polar surface area (TPSA) is 78.5 Å². The van der Waals surface area contributed by atoms with E-state index in [-0.39, 0.29) is 23.5 Å². The average molecular weight is 1200 g/mol. The van der Waals surface area contributed by atoms with Gasteiger partial charge in [-0.2, -0.15) is 0 Å². The van der Waals surface area contributed by atoms with Crippen LogP contribution in [0.25, 0.3) is 0 Å². The van der Waals surface area contributed by atoms with Crippen molar-refractivity contribution < 1.29 is 23.3 Å². The van der Waals surface area contributed by atoms with E-state index in [1.54, 1.807) is 14.0 Å². The van der Waals surface area contributed by atoms with Crippen LogP contribution < -0.4 is 10.6 Å². The predicted octanol–water partition coefficient (Wildman–Crippen LogP) is 22.1. The van der Waals surface area contributed by atoms with E-state index >= 15 is 0 Å². The Morgan fingerprint density at radius 1 is 0.872 bits per heavy atom. The number of likely N-dealkylation sites (N-methyl/N-ethyl adjacent to an activating group) is 1. The van der Waals surface area contributed by atoms with Gasteiger partial charge in [0.2, 0.25) is 5.91 Å². The van der Waals surface area contributed by atoms with Gasteiger partial charge in [-0.1, -0.05) is 226 Å². The minimum Gasteiger partial charge on any atom is -0.366 e. The van der Waals surface area contributed by atoms with E-state index in [9.17, 15) is 18.8 Å². The summed E-state index contributed by atoms with van der Waals surface area (Å²) in [5, 5.41) is 6.09. The summed E-state index contributed by atoms with van der Waals surface area (Å²) in [5.74, 6) is 3.29. The van der Waals surface area contributed by atoms with Gasteiger partial charge in [0.25, 0.3) is 0 Å². The number of aldehydes is 1. The summed E-state index contributed by atoms with van der Waals surface area (Å²) < 4.78 is 14.4. The van der Waals surface area contributed by atoms with Crippen LogP contribution in [0.15, 0.2) is 118 Å². The van der Waals surface area contributed by atoms with Crippen LogP contribution in [0.4, 0.5) is 4.39 Å². The lowest BCUT2D eigenvalue weighted by atomic mass is 9.85. The van der Waals surface area contributed by atoms with Gasteiger partial charge in [0.1, 0.15) is 18.5 Å². The SMILES string of the molecule is C/C=C(\C=C/C(C)=C(C)C)C(CCC=O)C(=O)NC.C=C(/C=C(\C=C(C)C)C(C)=O)C1=C(CC)CC[N+](C)(C)C1C.C=CCC.CC.CC1CCCC1.CCC(C)CCCC1C=CC2=C(C1)N(C)CN2.CCCC.CCCC(C)C(F)CC(C)CC. The second-order valence-corrected chi connectivity index (χ2v) is 25.7. The first-order valence-electron chi connectivity index (χ1n) is 34.5. The molecule has 1 fully saturated rings. The molecule has 0 aromatic carbocycles. The zero-order chi connectivity index (χ0) is 67.0. The lowest BCUT2D eigenvalue weighted by Crippen LogP contribution is -2.51. The van der Waals surface area contributed by atoms with Gasteiger partial charge in [-0.15, -0.1) is 6.58 Å². The number of hydrogen-bond acceptors (Lipinski definition) is 5. The summed E-state index contributed by atoms with van der Waals surface area (Å²) in [6, 6.07) is 0.410. The molecule has 2 aliphatic carbocycles. The van der Waals surface area contributed by atoms with Crippen LogP contribution in [0.3, 0.4) is 0 Å². The quantitative estimate of drug-likeness (QED) is 0.0313. The fourth-order valence-electron chi connectivity index (χ4n) is 10.00. The molecule has 0 saturated heterocycles. The fraction of sp³-hybridized carbons (Fsp3) is 0.705. The van der Waals surface area contributed by atoms with Crippen LogP contribution >= 0.6 is 0 Å². The summed E-state index contributed by atoms with van der Waals surface area (Å²) in [5.41, 5.74) is 12.0. The first-order chi connectivity index (χ1) is 40.6. The van der Waals surface area contributed by atoms with Crippen molar-refractivity contribution in [3.05, 3.63) is 118 Å². The highest BCUT2D eigenvalue weighted by Gasteiger charge is 2.34. The van der Waals surface area contributed by atoms with Gasteiger partial charge in [-0.05, 0) is 153 Å². The number of carbonyl (C=O) groups excluding carboxylic acids is 3. The molecule has 498 valence electrons. The smallest absolute Gasteiger partial charge is 0.227 e. The summed E-state index contributed by atoms with van der Waals surface area (Å²) >= 11 is 0. The predicted molar refractivity (Wildman–Crippen MR) is 382 cm³/mol. The van der Waals surface area contributed by atoms with Crippen molar-refractivity contribution in [2.75, 3.05) is 41.4 Å². The molecule has 2 heterocycles. The Bertz CT molecular complexity index is 2100. The number of ketones is 1. The van der Waals surface area contributed by atoms with Crippen molar-refractivity contribution in [2.24, 2.45) is 35.5 Å². The molecule has 8 heteroatoms. The second kappa shape index (κ2) is 53.7. The highest BCUT2D eigenvalue weighted by molar-refractivity contribution is 5.96. The Labute approximate surface area is 534 Å². The molecule has 0 aromatic heterocycles. The Kier molecular flexibility index (Phi) is 55.0. The lowest BCUT2D eigenvalue weighted by Gasteiger charge is -2.42. The Balaban J connectivity index is -0.000000485. The van der Waals surface area contributed by atoms with E-state index in [1.165, 1.54) is 111 Å². The number of Topliss-reactive ketones (excluding diaryl/α,β-unsaturated/α-hetero) is 1. The molecule has 7 nitrogen and oxygen atoms in total. The third-order valence-corrected chi connectivity index (χ3v) is 17.3. The molecule has 4 aliphatic rings. The molecule has 86 heavy (non-hydrogen) atoms. The molecule has 0 spiro atoms. The molecule has 0 radical (unpaired) electrons. The van der Waals surface area contributed by atoms with E-state index in [1.807, 2.05) is 84.9 Å². The van der Waals surface area contributed by atoms with Crippen LogP contribution in [-0.4, -0.2) is 81.0 Å². The van der Waals surface area contributed by atoms with Crippen molar-refractivity contribution in [3.8, 4) is 0 Å².